The minimum Gasteiger partial charge on any atom is -0.456 e. The van der Waals surface area contributed by atoms with Crippen LogP contribution in [0.25, 0.3) is 0 Å². The van der Waals surface area contributed by atoms with E-state index in [0.717, 1.165) is 12.2 Å². The number of carbonyl (C=O) groups excluding carboxylic acids is 1. The molecule has 1 amide bonds. The fraction of sp³-hybridized carbons (Fsp3) is 0.154. The summed E-state index contributed by atoms with van der Waals surface area (Å²) in [4.78, 5) is 11.8. The molecule has 0 aliphatic rings. The lowest BCUT2D eigenvalue weighted by Crippen LogP contribution is -2.10. The minimum absolute atomic E-state index is 0.268. The highest BCUT2D eigenvalue weighted by atomic mass is 16.3. The van der Waals surface area contributed by atoms with Gasteiger partial charge in [-0.15, -0.1) is 0 Å². The fourth-order valence-electron chi connectivity index (χ4n) is 1.50. The molecule has 0 aliphatic carbocycles. The Hall–Kier alpha value is -2.23. The molecule has 0 aliphatic heterocycles. The third kappa shape index (κ3) is 2.66. The first-order chi connectivity index (χ1) is 8.19. The van der Waals surface area contributed by atoms with Gasteiger partial charge in [-0.05, 0) is 30.3 Å². The number of anilines is 2. The summed E-state index contributed by atoms with van der Waals surface area (Å²) in [6, 6.07) is 10.5. The van der Waals surface area contributed by atoms with E-state index < -0.39 is 0 Å². The SMILES string of the molecule is CCc1ccc(C(=O)Nc2cccc(N)c2)o1. The van der Waals surface area contributed by atoms with Crippen molar-refractivity contribution >= 4 is 17.3 Å². The number of nitrogen functional groups attached to an aromatic ring is 1. The van der Waals surface area contributed by atoms with Crippen LogP contribution in [0.5, 0.6) is 0 Å². The first-order valence-corrected chi connectivity index (χ1v) is 5.44. The summed E-state index contributed by atoms with van der Waals surface area (Å²) in [7, 11) is 0. The van der Waals surface area contributed by atoms with Gasteiger partial charge in [0.1, 0.15) is 5.76 Å². The molecule has 2 aromatic rings. The monoisotopic (exact) mass is 230 g/mol. The van der Waals surface area contributed by atoms with Gasteiger partial charge >= 0.3 is 0 Å². The second-order valence-electron chi connectivity index (χ2n) is 3.70. The van der Waals surface area contributed by atoms with E-state index in [9.17, 15) is 4.79 Å². The highest BCUT2D eigenvalue weighted by Crippen LogP contribution is 2.14. The lowest BCUT2D eigenvalue weighted by molar-refractivity contribution is 0.0995. The van der Waals surface area contributed by atoms with Gasteiger partial charge in [-0.3, -0.25) is 4.79 Å². The molecule has 0 saturated heterocycles. The standard InChI is InChI=1S/C13H14N2O2/c1-2-11-6-7-12(17-11)13(16)15-10-5-3-4-9(14)8-10/h3-8H,2,14H2,1H3,(H,15,16). The lowest BCUT2D eigenvalue weighted by Gasteiger charge is -2.03. The summed E-state index contributed by atoms with van der Waals surface area (Å²) in [5.74, 6) is 0.835. The topological polar surface area (TPSA) is 68.3 Å². The largest absolute Gasteiger partial charge is 0.456 e. The quantitative estimate of drug-likeness (QED) is 0.796. The Morgan fingerprint density at radius 3 is 2.82 bits per heavy atom. The molecule has 88 valence electrons. The number of furan rings is 1. The zero-order valence-electron chi connectivity index (χ0n) is 9.57. The van der Waals surface area contributed by atoms with Crippen molar-refractivity contribution in [3.05, 3.63) is 47.9 Å². The maximum absolute atomic E-state index is 11.8. The van der Waals surface area contributed by atoms with Gasteiger partial charge in [0.15, 0.2) is 5.76 Å². The number of carbonyl (C=O) groups is 1. The van der Waals surface area contributed by atoms with E-state index in [0.29, 0.717) is 17.1 Å². The Labute approximate surface area is 99.4 Å². The molecule has 1 aromatic carbocycles. The highest BCUT2D eigenvalue weighted by molar-refractivity contribution is 6.02. The van der Waals surface area contributed by atoms with Crippen molar-refractivity contribution in [2.24, 2.45) is 0 Å². The molecular weight excluding hydrogens is 216 g/mol. The predicted octanol–water partition coefficient (Wildman–Crippen LogP) is 2.68. The molecule has 3 N–H and O–H groups in total. The van der Waals surface area contributed by atoms with E-state index in [2.05, 4.69) is 5.32 Å². The van der Waals surface area contributed by atoms with E-state index in [4.69, 9.17) is 10.2 Å². The zero-order chi connectivity index (χ0) is 12.3. The van der Waals surface area contributed by atoms with E-state index >= 15 is 0 Å². The van der Waals surface area contributed by atoms with Crippen LogP contribution in [0.15, 0.2) is 40.8 Å². The molecule has 1 aromatic heterocycles. The molecule has 1 heterocycles. The molecule has 0 spiro atoms. The first kappa shape index (κ1) is 11.3. The molecular formula is C13H14N2O2. The van der Waals surface area contributed by atoms with Crippen LogP contribution in [-0.4, -0.2) is 5.91 Å². The number of rotatable bonds is 3. The van der Waals surface area contributed by atoms with Crippen LogP contribution in [0, 0.1) is 0 Å². The maximum atomic E-state index is 11.8. The lowest BCUT2D eigenvalue weighted by atomic mass is 10.3. The highest BCUT2D eigenvalue weighted by Gasteiger charge is 2.10. The average Bonchev–Trinajstić information content (AvgIpc) is 2.77. The van der Waals surface area contributed by atoms with Crippen molar-refractivity contribution in [2.45, 2.75) is 13.3 Å². The van der Waals surface area contributed by atoms with Gasteiger partial charge in [0.2, 0.25) is 0 Å². The Bertz CT molecular complexity index is 532. The van der Waals surface area contributed by atoms with E-state index in [-0.39, 0.29) is 5.91 Å². The number of benzene rings is 1. The van der Waals surface area contributed by atoms with Gasteiger partial charge in [-0.2, -0.15) is 0 Å². The van der Waals surface area contributed by atoms with Crippen molar-refractivity contribution in [3.8, 4) is 0 Å². The first-order valence-electron chi connectivity index (χ1n) is 5.44. The van der Waals surface area contributed by atoms with Gasteiger partial charge in [-0.1, -0.05) is 13.0 Å². The molecule has 4 heteroatoms. The smallest absolute Gasteiger partial charge is 0.291 e. The maximum Gasteiger partial charge on any atom is 0.291 e. The Morgan fingerprint density at radius 1 is 1.35 bits per heavy atom. The molecule has 0 unspecified atom stereocenters. The summed E-state index contributed by atoms with van der Waals surface area (Å²) in [6.07, 6.45) is 0.769. The van der Waals surface area contributed by atoms with Crippen molar-refractivity contribution in [1.29, 1.82) is 0 Å². The number of nitrogens with one attached hydrogen (secondary N) is 1. The molecule has 0 bridgehead atoms. The summed E-state index contributed by atoms with van der Waals surface area (Å²) >= 11 is 0. The third-order valence-corrected chi connectivity index (χ3v) is 2.38. The van der Waals surface area contributed by atoms with Crippen molar-refractivity contribution in [3.63, 3.8) is 0 Å². The average molecular weight is 230 g/mol. The molecule has 4 nitrogen and oxygen atoms in total. The van der Waals surface area contributed by atoms with Crippen LogP contribution in [0.2, 0.25) is 0 Å². The van der Waals surface area contributed by atoms with Crippen LogP contribution >= 0.6 is 0 Å². The number of aryl methyl sites for hydroxylation is 1. The van der Waals surface area contributed by atoms with E-state index in [1.54, 1.807) is 36.4 Å². The van der Waals surface area contributed by atoms with Crippen molar-refractivity contribution in [1.82, 2.24) is 0 Å². The normalized spacial score (nSPS) is 10.2. The Kier molecular flexibility index (Phi) is 3.14. The van der Waals surface area contributed by atoms with E-state index in [1.165, 1.54) is 0 Å². The molecule has 2 rings (SSSR count). The predicted molar refractivity (Wildman–Crippen MR) is 66.9 cm³/mol. The van der Waals surface area contributed by atoms with Crippen LogP contribution < -0.4 is 11.1 Å². The summed E-state index contributed by atoms with van der Waals surface area (Å²) in [5, 5.41) is 2.72. The van der Waals surface area contributed by atoms with Crippen LogP contribution in [0.1, 0.15) is 23.2 Å². The molecule has 0 radical (unpaired) electrons. The van der Waals surface area contributed by atoms with Crippen molar-refractivity contribution in [2.75, 3.05) is 11.1 Å². The summed E-state index contributed by atoms with van der Waals surface area (Å²) < 4.78 is 5.35. The molecule has 0 saturated carbocycles. The number of hydrogen-bond donors (Lipinski definition) is 2. The fourth-order valence-corrected chi connectivity index (χ4v) is 1.50. The second kappa shape index (κ2) is 4.74. The summed E-state index contributed by atoms with van der Waals surface area (Å²) in [5.41, 5.74) is 6.89. The number of nitrogens with two attached hydrogens (primary N) is 1. The number of amides is 1. The minimum atomic E-state index is -0.268. The van der Waals surface area contributed by atoms with Gasteiger partial charge in [-0.25, -0.2) is 0 Å². The second-order valence-corrected chi connectivity index (χ2v) is 3.70. The van der Waals surface area contributed by atoms with Gasteiger partial charge in [0.05, 0.1) is 0 Å². The van der Waals surface area contributed by atoms with Crippen LogP contribution in [-0.2, 0) is 6.42 Å². The molecule has 0 atom stereocenters. The van der Waals surface area contributed by atoms with Gasteiger partial charge in [0, 0.05) is 17.8 Å². The Balaban J connectivity index is 2.11. The molecule has 0 fully saturated rings. The van der Waals surface area contributed by atoms with Gasteiger partial charge in [0.25, 0.3) is 5.91 Å². The van der Waals surface area contributed by atoms with E-state index in [1.807, 2.05) is 6.92 Å². The summed E-state index contributed by atoms with van der Waals surface area (Å²) in [6.45, 7) is 1.97. The number of hydrogen-bond acceptors (Lipinski definition) is 3. The van der Waals surface area contributed by atoms with Gasteiger partial charge < -0.3 is 15.5 Å². The zero-order valence-corrected chi connectivity index (χ0v) is 9.57. The third-order valence-electron chi connectivity index (χ3n) is 2.38. The Morgan fingerprint density at radius 2 is 2.18 bits per heavy atom. The molecule has 17 heavy (non-hydrogen) atoms. The van der Waals surface area contributed by atoms with Crippen molar-refractivity contribution < 1.29 is 9.21 Å². The van der Waals surface area contributed by atoms with Crippen LogP contribution in [0.4, 0.5) is 11.4 Å². The van der Waals surface area contributed by atoms with Crippen LogP contribution in [0.3, 0.4) is 0 Å².